The average Bonchev–Trinajstić information content (AvgIpc) is 2.70. The Morgan fingerprint density at radius 2 is 1.93 bits per heavy atom. The summed E-state index contributed by atoms with van der Waals surface area (Å²) in [4.78, 5) is 11.2. The van der Waals surface area contributed by atoms with Crippen LogP contribution in [0.2, 0.25) is 5.02 Å². The lowest BCUT2D eigenvalue weighted by molar-refractivity contribution is -0.00545. The number of anilines is 1. The third-order valence-corrected chi connectivity index (χ3v) is 5.07. The van der Waals surface area contributed by atoms with Gasteiger partial charge in [0, 0.05) is 44.4 Å². The number of halogens is 2. The Kier molecular flexibility index (Phi) is 10.1. The van der Waals surface area contributed by atoms with Crippen molar-refractivity contribution in [2.45, 2.75) is 39.0 Å². The summed E-state index contributed by atoms with van der Waals surface area (Å²) < 4.78 is 5.80. The molecule has 1 fully saturated rings. The van der Waals surface area contributed by atoms with E-state index >= 15 is 0 Å². The maximum atomic E-state index is 6.03. The van der Waals surface area contributed by atoms with Crippen molar-refractivity contribution in [3.05, 3.63) is 58.7 Å². The van der Waals surface area contributed by atoms with Gasteiger partial charge in [-0.3, -0.25) is 4.99 Å². The van der Waals surface area contributed by atoms with Crippen LogP contribution in [0, 0.1) is 0 Å². The number of hydrogen-bond acceptors (Lipinski definition) is 4. The van der Waals surface area contributed by atoms with E-state index in [1.54, 1.807) is 7.05 Å². The standard InChI is InChI=1S/C22H30ClN5O.HI/c1-16-14-28(15-17(2)29-16)21-8-7-19(12-26-21)13-27-22(24-3)25-10-9-18-5-4-6-20(23)11-18;/h4-8,11-12,16-17H,9-10,13-15H2,1-3H3,(H2,24,25,27);1H. The van der Waals surface area contributed by atoms with Crippen LogP contribution in [0.4, 0.5) is 5.82 Å². The lowest BCUT2D eigenvalue weighted by atomic mass is 10.1. The molecular weight excluding hydrogens is 513 g/mol. The Bertz CT molecular complexity index is 807. The zero-order valence-corrected chi connectivity index (χ0v) is 20.9. The molecule has 2 N–H and O–H groups in total. The van der Waals surface area contributed by atoms with E-state index in [4.69, 9.17) is 16.3 Å². The van der Waals surface area contributed by atoms with Crippen LogP contribution in [-0.2, 0) is 17.7 Å². The van der Waals surface area contributed by atoms with Crippen LogP contribution in [0.25, 0.3) is 0 Å². The number of nitrogens with one attached hydrogen (secondary N) is 2. The molecule has 2 aromatic rings. The van der Waals surface area contributed by atoms with Crippen molar-refractivity contribution >= 4 is 47.4 Å². The van der Waals surface area contributed by atoms with Crippen LogP contribution in [-0.4, -0.2) is 49.8 Å². The normalized spacial score (nSPS) is 19.2. The summed E-state index contributed by atoms with van der Waals surface area (Å²) in [6.07, 6.45) is 3.26. The number of rotatable bonds is 6. The second-order valence-electron chi connectivity index (χ2n) is 7.42. The molecule has 6 nitrogen and oxygen atoms in total. The molecule has 0 amide bonds. The molecule has 1 aromatic heterocycles. The first-order valence-corrected chi connectivity index (χ1v) is 10.5. The molecule has 0 aliphatic carbocycles. The minimum Gasteiger partial charge on any atom is -0.372 e. The third-order valence-electron chi connectivity index (χ3n) is 4.83. The molecule has 3 rings (SSSR count). The van der Waals surface area contributed by atoms with Crippen molar-refractivity contribution in [3.8, 4) is 0 Å². The molecule has 30 heavy (non-hydrogen) atoms. The Morgan fingerprint density at radius 3 is 2.57 bits per heavy atom. The van der Waals surface area contributed by atoms with Crippen molar-refractivity contribution < 1.29 is 4.74 Å². The summed E-state index contributed by atoms with van der Waals surface area (Å²) >= 11 is 6.03. The highest BCUT2D eigenvalue weighted by Gasteiger charge is 2.22. The third kappa shape index (κ3) is 7.59. The van der Waals surface area contributed by atoms with Crippen LogP contribution in [0.1, 0.15) is 25.0 Å². The van der Waals surface area contributed by atoms with E-state index < -0.39 is 0 Å². The van der Waals surface area contributed by atoms with Gasteiger partial charge in [0.15, 0.2) is 5.96 Å². The molecule has 0 bridgehead atoms. The minimum atomic E-state index is 0. The van der Waals surface area contributed by atoms with Gasteiger partial charge in [0.05, 0.1) is 12.2 Å². The predicted molar refractivity (Wildman–Crippen MR) is 135 cm³/mol. The Hall–Kier alpha value is -1.58. The van der Waals surface area contributed by atoms with Gasteiger partial charge in [-0.05, 0) is 49.6 Å². The second-order valence-corrected chi connectivity index (χ2v) is 7.86. The summed E-state index contributed by atoms with van der Waals surface area (Å²) in [5.74, 6) is 1.77. The van der Waals surface area contributed by atoms with E-state index in [-0.39, 0.29) is 36.2 Å². The largest absolute Gasteiger partial charge is 0.372 e. The van der Waals surface area contributed by atoms with Crippen molar-refractivity contribution in [3.63, 3.8) is 0 Å². The molecular formula is C22H31ClIN5O. The van der Waals surface area contributed by atoms with Gasteiger partial charge in [-0.25, -0.2) is 4.98 Å². The number of aromatic nitrogens is 1. The Labute approximate surface area is 201 Å². The molecule has 1 saturated heterocycles. The lowest BCUT2D eigenvalue weighted by Gasteiger charge is -2.36. The number of hydrogen-bond donors (Lipinski definition) is 2. The first-order valence-electron chi connectivity index (χ1n) is 10.1. The topological polar surface area (TPSA) is 61.8 Å². The highest BCUT2D eigenvalue weighted by atomic mass is 127. The van der Waals surface area contributed by atoms with Crippen LogP contribution >= 0.6 is 35.6 Å². The van der Waals surface area contributed by atoms with E-state index in [1.165, 1.54) is 5.56 Å². The molecule has 2 heterocycles. The predicted octanol–water partition coefficient (Wildman–Crippen LogP) is 3.87. The van der Waals surface area contributed by atoms with Crippen LogP contribution in [0.15, 0.2) is 47.6 Å². The smallest absolute Gasteiger partial charge is 0.191 e. The fourth-order valence-electron chi connectivity index (χ4n) is 3.50. The van der Waals surface area contributed by atoms with E-state index in [9.17, 15) is 0 Å². The monoisotopic (exact) mass is 543 g/mol. The van der Waals surface area contributed by atoms with Gasteiger partial charge in [-0.2, -0.15) is 0 Å². The van der Waals surface area contributed by atoms with Gasteiger partial charge in [0.1, 0.15) is 5.82 Å². The number of benzene rings is 1. The molecule has 0 radical (unpaired) electrons. The highest BCUT2D eigenvalue weighted by Crippen LogP contribution is 2.18. The lowest BCUT2D eigenvalue weighted by Crippen LogP contribution is -2.45. The summed E-state index contributed by atoms with van der Waals surface area (Å²) in [6, 6.07) is 12.1. The molecule has 0 saturated carbocycles. The number of pyridine rings is 1. The molecule has 2 unspecified atom stereocenters. The van der Waals surface area contributed by atoms with Crippen molar-refractivity contribution in [2.75, 3.05) is 31.6 Å². The molecule has 1 aliphatic rings. The maximum Gasteiger partial charge on any atom is 0.191 e. The SMILES string of the molecule is CN=C(NCCc1cccc(Cl)c1)NCc1ccc(N2CC(C)OC(C)C2)nc1.I. The summed E-state index contributed by atoms with van der Waals surface area (Å²) in [5.41, 5.74) is 2.31. The second kappa shape index (κ2) is 12.3. The zero-order valence-electron chi connectivity index (χ0n) is 17.8. The van der Waals surface area contributed by atoms with Gasteiger partial charge in [-0.15, -0.1) is 24.0 Å². The fourth-order valence-corrected chi connectivity index (χ4v) is 3.71. The van der Waals surface area contributed by atoms with Crippen molar-refractivity contribution in [2.24, 2.45) is 4.99 Å². The van der Waals surface area contributed by atoms with E-state index in [0.29, 0.717) is 6.54 Å². The average molecular weight is 544 g/mol. The fraction of sp³-hybridized carbons (Fsp3) is 0.455. The summed E-state index contributed by atoms with van der Waals surface area (Å²) in [5, 5.41) is 7.44. The number of ether oxygens (including phenoxy) is 1. The maximum absolute atomic E-state index is 6.03. The highest BCUT2D eigenvalue weighted by molar-refractivity contribution is 14.0. The number of morpholine rings is 1. The Morgan fingerprint density at radius 1 is 1.17 bits per heavy atom. The van der Waals surface area contributed by atoms with Crippen LogP contribution in [0.3, 0.4) is 0 Å². The molecule has 164 valence electrons. The van der Waals surface area contributed by atoms with E-state index in [2.05, 4.69) is 57.6 Å². The number of nitrogens with zero attached hydrogens (tertiary/aromatic N) is 3. The first kappa shape index (κ1) is 24.7. The van der Waals surface area contributed by atoms with E-state index in [1.807, 2.05) is 24.4 Å². The van der Waals surface area contributed by atoms with Gasteiger partial charge < -0.3 is 20.3 Å². The van der Waals surface area contributed by atoms with Crippen LogP contribution in [0.5, 0.6) is 0 Å². The molecule has 1 aliphatic heterocycles. The summed E-state index contributed by atoms with van der Waals surface area (Å²) in [6.45, 7) is 7.40. The van der Waals surface area contributed by atoms with Gasteiger partial charge >= 0.3 is 0 Å². The van der Waals surface area contributed by atoms with Crippen molar-refractivity contribution in [1.29, 1.82) is 0 Å². The molecule has 0 spiro atoms. The molecule has 2 atom stereocenters. The Balaban J connectivity index is 0.00000320. The molecule has 8 heteroatoms. The molecule has 1 aromatic carbocycles. The van der Waals surface area contributed by atoms with Crippen LogP contribution < -0.4 is 15.5 Å². The van der Waals surface area contributed by atoms with Gasteiger partial charge in [-0.1, -0.05) is 29.8 Å². The first-order chi connectivity index (χ1) is 14.0. The van der Waals surface area contributed by atoms with Crippen molar-refractivity contribution in [1.82, 2.24) is 15.6 Å². The van der Waals surface area contributed by atoms with Gasteiger partial charge in [0.2, 0.25) is 0 Å². The number of aliphatic imine (C=N–C) groups is 1. The summed E-state index contributed by atoms with van der Waals surface area (Å²) in [7, 11) is 1.77. The van der Waals surface area contributed by atoms with E-state index in [0.717, 1.165) is 48.4 Å². The zero-order chi connectivity index (χ0) is 20.6. The number of guanidine groups is 1. The minimum absolute atomic E-state index is 0. The quantitative estimate of drug-likeness (QED) is 0.329. The van der Waals surface area contributed by atoms with Gasteiger partial charge in [0.25, 0.3) is 0 Å².